The van der Waals surface area contributed by atoms with Gasteiger partial charge in [0.05, 0.1) is 6.61 Å². The first-order valence-corrected chi connectivity index (χ1v) is 8.78. The van der Waals surface area contributed by atoms with Crippen molar-refractivity contribution in [2.45, 2.75) is 25.6 Å². The van der Waals surface area contributed by atoms with Crippen LogP contribution < -0.4 is 0 Å². The highest BCUT2D eigenvalue weighted by atomic mass is 19.1. The van der Waals surface area contributed by atoms with Crippen LogP contribution in [0.1, 0.15) is 18.1 Å². The Bertz CT molecular complexity index is 692. The van der Waals surface area contributed by atoms with Crippen molar-refractivity contribution in [1.82, 2.24) is 4.90 Å². The van der Waals surface area contributed by atoms with Crippen molar-refractivity contribution in [2.75, 3.05) is 19.7 Å². The Kier molecular flexibility index (Phi) is 5.49. The molecule has 0 aliphatic carbocycles. The van der Waals surface area contributed by atoms with Crippen LogP contribution in [0, 0.1) is 5.92 Å². The van der Waals surface area contributed by atoms with E-state index in [2.05, 4.69) is 0 Å². The number of halogens is 1. The SMILES string of the molecule is CCOC(=O)C1(F)CN(Cc2ccccc2)CC1Cc1ccccc1. The molecule has 0 amide bonds. The number of benzene rings is 2. The molecular formula is C21H24FNO2. The molecule has 1 fully saturated rings. The highest BCUT2D eigenvalue weighted by Gasteiger charge is 2.53. The van der Waals surface area contributed by atoms with Crippen molar-refractivity contribution in [3.8, 4) is 0 Å². The summed E-state index contributed by atoms with van der Waals surface area (Å²) in [6.45, 7) is 3.17. The van der Waals surface area contributed by atoms with Crippen LogP contribution in [-0.4, -0.2) is 36.2 Å². The van der Waals surface area contributed by atoms with Gasteiger partial charge in [-0.3, -0.25) is 4.90 Å². The molecule has 1 heterocycles. The molecule has 0 N–H and O–H groups in total. The molecule has 1 aliphatic rings. The first-order valence-electron chi connectivity index (χ1n) is 8.78. The molecule has 0 radical (unpaired) electrons. The summed E-state index contributed by atoms with van der Waals surface area (Å²) in [6.07, 6.45) is 0.529. The molecule has 0 spiro atoms. The minimum atomic E-state index is -1.96. The number of likely N-dealkylation sites (tertiary alicyclic amines) is 1. The summed E-state index contributed by atoms with van der Waals surface area (Å²) in [4.78, 5) is 14.4. The number of ether oxygens (including phenoxy) is 1. The zero-order chi connectivity index (χ0) is 17.7. The third kappa shape index (κ3) is 4.07. The number of carbonyl (C=O) groups excluding carboxylic acids is 1. The lowest BCUT2D eigenvalue weighted by Crippen LogP contribution is -2.44. The molecule has 2 aromatic rings. The van der Waals surface area contributed by atoms with Crippen LogP contribution in [0.25, 0.3) is 0 Å². The van der Waals surface area contributed by atoms with E-state index in [0.29, 0.717) is 19.5 Å². The largest absolute Gasteiger partial charge is 0.464 e. The molecule has 1 aliphatic heterocycles. The van der Waals surface area contributed by atoms with E-state index in [9.17, 15) is 4.79 Å². The quantitative estimate of drug-likeness (QED) is 0.752. The first-order chi connectivity index (χ1) is 12.1. The van der Waals surface area contributed by atoms with Crippen LogP contribution in [-0.2, 0) is 22.5 Å². The minimum Gasteiger partial charge on any atom is -0.464 e. The molecular weight excluding hydrogens is 317 g/mol. The van der Waals surface area contributed by atoms with E-state index in [4.69, 9.17) is 4.74 Å². The van der Waals surface area contributed by atoms with Gasteiger partial charge in [0.25, 0.3) is 0 Å². The Labute approximate surface area is 148 Å². The van der Waals surface area contributed by atoms with Crippen LogP contribution in [0.3, 0.4) is 0 Å². The van der Waals surface area contributed by atoms with Crippen LogP contribution in [0.4, 0.5) is 4.39 Å². The fraction of sp³-hybridized carbons (Fsp3) is 0.381. The average molecular weight is 341 g/mol. The van der Waals surface area contributed by atoms with Crippen molar-refractivity contribution >= 4 is 5.97 Å². The second-order valence-corrected chi connectivity index (χ2v) is 6.62. The lowest BCUT2D eigenvalue weighted by atomic mass is 9.87. The normalized spacial score (nSPS) is 23.5. The van der Waals surface area contributed by atoms with Crippen molar-refractivity contribution in [3.05, 3.63) is 71.8 Å². The molecule has 1 saturated heterocycles. The van der Waals surface area contributed by atoms with E-state index in [1.54, 1.807) is 6.92 Å². The smallest absolute Gasteiger partial charge is 0.345 e. The van der Waals surface area contributed by atoms with Crippen molar-refractivity contribution < 1.29 is 13.9 Å². The van der Waals surface area contributed by atoms with E-state index in [0.717, 1.165) is 11.1 Å². The maximum atomic E-state index is 15.7. The van der Waals surface area contributed by atoms with Gasteiger partial charge in [0.15, 0.2) is 0 Å². The Morgan fingerprint density at radius 2 is 1.72 bits per heavy atom. The van der Waals surface area contributed by atoms with Gasteiger partial charge in [0, 0.05) is 25.6 Å². The predicted octanol–water partition coefficient (Wildman–Crippen LogP) is 3.63. The summed E-state index contributed by atoms with van der Waals surface area (Å²) >= 11 is 0. The lowest BCUT2D eigenvalue weighted by molar-refractivity contribution is -0.159. The molecule has 0 bridgehead atoms. The second kappa shape index (κ2) is 7.79. The number of carbonyl (C=O) groups is 1. The maximum Gasteiger partial charge on any atom is 0.345 e. The van der Waals surface area contributed by atoms with Crippen molar-refractivity contribution in [2.24, 2.45) is 5.92 Å². The van der Waals surface area contributed by atoms with E-state index < -0.39 is 17.6 Å². The van der Waals surface area contributed by atoms with Gasteiger partial charge in [-0.1, -0.05) is 60.7 Å². The summed E-state index contributed by atoms with van der Waals surface area (Å²) in [7, 11) is 0. The van der Waals surface area contributed by atoms with E-state index in [1.807, 2.05) is 65.6 Å². The predicted molar refractivity (Wildman–Crippen MR) is 95.8 cm³/mol. The van der Waals surface area contributed by atoms with Gasteiger partial charge in [-0.2, -0.15) is 0 Å². The monoisotopic (exact) mass is 341 g/mol. The highest BCUT2D eigenvalue weighted by Crippen LogP contribution is 2.36. The molecule has 2 unspecified atom stereocenters. The zero-order valence-electron chi connectivity index (χ0n) is 14.5. The number of hydrogen-bond acceptors (Lipinski definition) is 3. The Morgan fingerprint density at radius 1 is 1.12 bits per heavy atom. The molecule has 4 heteroatoms. The van der Waals surface area contributed by atoms with Gasteiger partial charge in [0.1, 0.15) is 0 Å². The number of alkyl halides is 1. The van der Waals surface area contributed by atoms with Crippen molar-refractivity contribution in [1.29, 1.82) is 0 Å². The van der Waals surface area contributed by atoms with Gasteiger partial charge < -0.3 is 4.74 Å². The topological polar surface area (TPSA) is 29.5 Å². The molecule has 0 aromatic heterocycles. The van der Waals surface area contributed by atoms with E-state index in [1.165, 1.54) is 0 Å². The number of hydrogen-bond donors (Lipinski definition) is 0. The van der Waals surface area contributed by atoms with Crippen LogP contribution in [0.5, 0.6) is 0 Å². The lowest BCUT2D eigenvalue weighted by Gasteiger charge is -2.24. The molecule has 132 valence electrons. The van der Waals surface area contributed by atoms with Gasteiger partial charge >= 0.3 is 5.97 Å². The summed E-state index contributed by atoms with van der Waals surface area (Å²) in [5, 5.41) is 0. The van der Waals surface area contributed by atoms with Crippen molar-refractivity contribution in [3.63, 3.8) is 0 Å². The summed E-state index contributed by atoms with van der Waals surface area (Å²) < 4.78 is 20.7. The molecule has 25 heavy (non-hydrogen) atoms. The summed E-state index contributed by atoms with van der Waals surface area (Å²) in [6, 6.07) is 19.7. The maximum absolute atomic E-state index is 15.7. The molecule has 3 nitrogen and oxygen atoms in total. The zero-order valence-corrected chi connectivity index (χ0v) is 14.5. The fourth-order valence-corrected chi connectivity index (χ4v) is 3.54. The average Bonchev–Trinajstić information content (AvgIpc) is 2.93. The fourth-order valence-electron chi connectivity index (χ4n) is 3.54. The van der Waals surface area contributed by atoms with Crippen LogP contribution >= 0.6 is 0 Å². The number of rotatable bonds is 6. The Morgan fingerprint density at radius 3 is 2.32 bits per heavy atom. The summed E-state index contributed by atoms with van der Waals surface area (Å²) in [5.74, 6) is -1.14. The highest BCUT2D eigenvalue weighted by molar-refractivity contribution is 5.81. The van der Waals surface area contributed by atoms with E-state index >= 15 is 4.39 Å². The van der Waals surface area contributed by atoms with Crippen LogP contribution in [0.2, 0.25) is 0 Å². The standard InChI is InChI=1S/C21H24FNO2/c1-2-25-20(24)21(22)16-23(14-18-11-7-4-8-12-18)15-19(21)13-17-9-5-3-6-10-17/h3-12,19H,2,13-16H2,1H3. The second-order valence-electron chi connectivity index (χ2n) is 6.62. The van der Waals surface area contributed by atoms with E-state index in [-0.39, 0.29) is 13.2 Å². The number of nitrogens with zero attached hydrogens (tertiary/aromatic N) is 1. The van der Waals surface area contributed by atoms with Crippen LogP contribution in [0.15, 0.2) is 60.7 Å². The third-order valence-electron chi connectivity index (χ3n) is 4.77. The summed E-state index contributed by atoms with van der Waals surface area (Å²) in [5.41, 5.74) is 0.204. The molecule has 2 atom stereocenters. The molecule has 2 aromatic carbocycles. The molecule has 0 saturated carbocycles. The van der Waals surface area contributed by atoms with Gasteiger partial charge in [0.2, 0.25) is 5.67 Å². The number of esters is 1. The minimum absolute atomic E-state index is 0.0816. The van der Waals surface area contributed by atoms with Gasteiger partial charge in [-0.25, -0.2) is 9.18 Å². The Balaban J connectivity index is 1.78. The third-order valence-corrected chi connectivity index (χ3v) is 4.77. The van der Waals surface area contributed by atoms with Gasteiger partial charge in [-0.15, -0.1) is 0 Å². The Hall–Kier alpha value is -2.20. The molecule has 3 rings (SSSR count). The first kappa shape index (κ1) is 17.6. The van der Waals surface area contributed by atoms with Gasteiger partial charge in [-0.05, 0) is 24.5 Å².